The van der Waals surface area contributed by atoms with E-state index < -0.39 is 0 Å². The molecule has 2 N–H and O–H groups in total. The SMILES string of the molecule is Cn1ccc2c(C(=O)Nc3n[nH]c(Cc4ccc(F)cc4)n3)cccc21. The average molecular weight is 349 g/mol. The van der Waals surface area contributed by atoms with Gasteiger partial charge >= 0.3 is 0 Å². The first-order chi connectivity index (χ1) is 12.6. The molecule has 0 bridgehead atoms. The van der Waals surface area contributed by atoms with Crippen molar-refractivity contribution in [3.05, 3.63) is 77.5 Å². The van der Waals surface area contributed by atoms with Gasteiger partial charge in [0.1, 0.15) is 11.6 Å². The highest BCUT2D eigenvalue weighted by molar-refractivity contribution is 6.12. The van der Waals surface area contributed by atoms with Crippen LogP contribution in [0.5, 0.6) is 0 Å². The Morgan fingerprint density at radius 3 is 2.81 bits per heavy atom. The predicted molar refractivity (Wildman–Crippen MR) is 96.5 cm³/mol. The van der Waals surface area contributed by atoms with Crippen molar-refractivity contribution in [3.8, 4) is 0 Å². The number of aromatic nitrogens is 4. The van der Waals surface area contributed by atoms with Gasteiger partial charge in [0.05, 0.1) is 0 Å². The number of fused-ring (bicyclic) bond motifs is 1. The number of aryl methyl sites for hydroxylation is 1. The molecule has 2 aromatic carbocycles. The van der Waals surface area contributed by atoms with Crippen LogP contribution in [0, 0.1) is 5.82 Å². The number of amides is 1. The van der Waals surface area contributed by atoms with Crippen LogP contribution in [-0.4, -0.2) is 25.7 Å². The summed E-state index contributed by atoms with van der Waals surface area (Å²) in [5, 5.41) is 10.4. The Morgan fingerprint density at radius 1 is 1.19 bits per heavy atom. The van der Waals surface area contributed by atoms with E-state index in [1.807, 2.05) is 36.0 Å². The lowest BCUT2D eigenvalue weighted by atomic mass is 10.1. The van der Waals surface area contributed by atoms with Gasteiger partial charge in [0, 0.05) is 36.1 Å². The van der Waals surface area contributed by atoms with E-state index in [4.69, 9.17) is 0 Å². The highest BCUT2D eigenvalue weighted by atomic mass is 19.1. The third-order valence-corrected chi connectivity index (χ3v) is 4.21. The first-order valence-corrected chi connectivity index (χ1v) is 8.11. The number of nitrogens with one attached hydrogen (secondary N) is 2. The van der Waals surface area contributed by atoms with E-state index in [0.717, 1.165) is 16.5 Å². The fourth-order valence-corrected chi connectivity index (χ4v) is 2.90. The van der Waals surface area contributed by atoms with Gasteiger partial charge in [-0.15, -0.1) is 5.10 Å². The van der Waals surface area contributed by atoms with E-state index in [0.29, 0.717) is 17.8 Å². The summed E-state index contributed by atoms with van der Waals surface area (Å²) in [4.78, 5) is 16.9. The van der Waals surface area contributed by atoms with Crippen molar-refractivity contribution in [2.45, 2.75) is 6.42 Å². The molecule has 6 nitrogen and oxygen atoms in total. The topological polar surface area (TPSA) is 75.6 Å². The summed E-state index contributed by atoms with van der Waals surface area (Å²) in [6.07, 6.45) is 2.38. The molecule has 130 valence electrons. The number of carbonyl (C=O) groups excluding carboxylic acids is 1. The lowest BCUT2D eigenvalue weighted by Gasteiger charge is -2.03. The average Bonchev–Trinajstić information content (AvgIpc) is 3.24. The molecule has 2 aromatic heterocycles. The molecule has 2 heterocycles. The van der Waals surface area contributed by atoms with Crippen molar-refractivity contribution in [1.29, 1.82) is 0 Å². The minimum atomic E-state index is -0.283. The number of rotatable bonds is 4. The Kier molecular flexibility index (Phi) is 3.96. The smallest absolute Gasteiger partial charge is 0.258 e. The molecule has 0 aliphatic rings. The quantitative estimate of drug-likeness (QED) is 0.594. The fourth-order valence-electron chi connectivity index (χ4n) is 2.90. The minimum Gasteiger partial charge on any atom is -0.351 e. The molecule has 1 amide bonds. The number of benzene rings is 2. The molecule has 4 aromatic rings. The van der Waals surface area contributed by atoms with Crippen molar-refractivity contribution in [2.24, 2.45) is 7.05 Å². The van der Waals surface area contributed by atoms with E-state index in [-0.39, 0.29) is 17.7 Å². The summed E-state index contributed by atoms with van der Waals surface area (Å²) >= 11 is 0. The highest BCUT2D eigenvalue weighted by Gasteiger charge is 2.14. The van der Waals surface area contributed by atoms with Gasteiger partial charge in [-0.2, -0.15) is 4.98 Å². The van der Waals surface area contributed by atoms with Gasteiger partial charge in [-0.25, -0.2) is 4.39 Å². The number of anilines is 1. The van der Waals surface area contributed by atoms with Crippen LogP contribution in [0.15, 0.2) is 54.7 Å². The third kappa shape index (κ3) is 3.06. The van der Waals surface area contributed by atoms with Crippen LogP contribution in [0.25, 0.3) is 10.9 Å². The van der Waals surface area contributed by atoms with E-state index in [1.54, 1.807) is 18.2 Å². The van der Waals surface area contributed by atoms with Crippen molar-refractivity contribution in [3.63, 3.8) is 0 Å². The van der Waals surface area contributed by atoms with Crippen molar-refractivity contribution < 1.29 is 9.18 Å². The monoisotopic (exact) mass is 349 g/mol. The number of hydrogen-bond donors (Lipinski definition) is 2. The van der Waals surface area contributed by atoms with Crippen molar-refractivity contribution in [1.82, 2.24) is 19.7 Å². The second-order valence-electron chi connectivity index (χ2n) is 6.03. The number of aromatic amines is 1. The van der Waals surface area contributed by atoms with Crippen molar-refractivity contribution >= 4 is 22.8 Å². The Labute approximate surface area is 148 Å². The molecule has 0 atom stereocenters. The molecule has 0 radical (unpaired) electrons. The van der Waals surface area contributed by atoms with Gasteiger partial charge in [0.25, 0.3) is 5.91 Å². The Bertz CT molecular complexity index is 1080. The maximum Gasteiger partial charge on any atom is 0.258 e. The van der Waals surface area contributed by atoms with Gasteiger partial charge in [-0.3, -0.25) is 15.2 Å². The predicted octanol–water partition coefficient (Wildman–Crippen LogP) is 3.28. The fraction of sp³-hybridized carbons (Fsp3) is 0.105. The first kappa shape index (κ1) is 16.0. The van der Waals surface area contributed by atoms with Gasteiger partial charge in [-0.05, 0) is 35.9 Å². The molecule has 0 aliphatic heterocycles. The zero-order chi connectivity index (χ0) is 18.1. The Hall–Kier alpha value is -3.48. The second-order valence-corrected chi connectivity index (χ2v) is 6.03. The lowest BCUT2D eigenvalue weighted by molar-refractivity contribution is 0.102. The number of halogens is 1. The summed E-state index contributed by atoms with van der Waals surface area (Å²) in [7, 11) is 1.93. The molecule has 0 saturated heterocycles. The Balaban J connectivity index is 1.51. The van der Waals surface area contributed by atoms with E-state index in [1.165, 1.54) is 12.1 Å². The van der Waals surface area contributed by atoms with Gasteiger partial charge in [0.2, 0.25) is 5.95 Å². The minimum absolute atomic E-state index is 0.208. The van der Waals surface area contributed by atoms with Gasteiger partial charge in [0.15, 0.2) is 0 Å². The van der Waals surface area contributed by atoms with Crippen LogP contribution in [0.3, 0.4) is 0 Å². The zero-order valence-corrected chi connectivity index (χ0v) is 14.0. The standard InChI is InChI=1S/C19H16FN5O/c1-25-10-9-14-15(3-2-4-16(14)25)18(26)22-19-21-17(23-24-19)11-12-5-7-13(20)8-6-12/h2-10H,11H2,1H3,(H2,21,22,23,24,26). The van der Waals surface area contributed by atoms with E-state index >= 15 is 0 Å². The summed E-state index contributed by atoms with van der Waals surface area (Å²) in [6, 6.07) is 13.6. The number of hydrogen-bond acceptors (Lipinski definition) is 3. The summed E-state index contributed by atoms with van der Waals surface area (Å²) in [5.74, 6) is 0.244. The molecule has 26 heavy (non-hydrogen) atoms. The maximum atomic E-state index is 13.0. The molecule has 0 fully saturated rings. The van der Waals surface area contributed by atoms with E-state index in [9.17, 15) is 9.18 Å². The second kappa shape index (κ2) is 6.44. The molecule has 4 rings (SSSR count). The van der Waals surface area contributed by atoms with Crippen LogP contribution >= 0.6 is 0 Å². The zero-order valence-electron chi connectivity index (χ0n) is 14.0. The molecular weight excluding hydrogens is 333 g/mol. The number of carbonyl (C=O) groups is 1. The summed E-state index contributed by atoms with van der Waals surface area (Å²) in [5.41, 5.74) is 2.44. The summed E-state index contributed by atoms with van der Waals surface area (Å²) < 4.78 is 14.9. The van der Waals surface area contributed by atoms with Gasteiger partial charge in [-0.1, -0.05) is 18.2 Å². The molecule has 0 unspecified atom stereocenters. The van der Waals surface area contributed by atoms with Crippen molar-refractivity contribution in [2.75, 3.05) is 5.32 Å². The molecule has 0 saturated carbocycles. The number of nitrogens with zero attached hydrogens (tertiary/aromatic N) is 3. The van der Waals surface area contributed by atoms with Crippen LogP contribution < -0.4 is 5.32 Å². The molecule has 0 spiro atoms. The van der Waals surface area contributed by atoms with E-state index in [2.05, 4.69) is 20.5 Å². The molecule has 0 aliphatic carbocycles. The first-order valence-electron chi connectivity index (χ1n) is 8.11. The maximum absolute atomic E-state index is 13.0. The normalized spacial score (nSPS) is 11.0. The largest absolute Gasteiger partial charge is 0.351 e. The lowest BCUT2D eigenvalue weighted by Crippen LogP contribution is -2.13. The highest BCUT2D eigenvalue weighted by Crippen LogP contribution is 2.20. The Morgan fingerprint density at radius 2 is 2.00 bits per heavy atom. The third-order valence-electron chi connectivity index (χ3n) is 4.21. The molecular formula is C19H16FN5O. The summed E-state index contributed by atoms with van der Waals surface area (Å²) in [6.45, 7) is 0. The van der Waals surface area contributed by atoms with Crippen LogP contribution in [0.1, 0.15) is 21.7 Å². The van der Waals surface area contributed by atoms with Crippen LogP contribution in [-0.2, 0) is 13.5 Å². The number of H-pyrrole nitrogens is 1. The van der Waals surface area contributed by atoms with Crippen LogP contribution in [0.4, 0.5) is 10.3 Å². The van der Waals surface area contributed by atoms with Crippen LogP contribution in [0.2, 0.25) is 0 Å². The molecule has 7 heteroatoms. The van der Waals surface area contributed by atoms with Gasteiger partial charge < -0.3 is 4.57 Å².